The van der Waals surface area contributed by atoms with Gasteiger partial charge in [0.1, 0.15) is 0 Å². The lowest BCUT2D eigenvalue weighted by atomic mass is 9.92. The van der Waals surface area contributed by atoms with Crippen molar-refractivity contribution in [1.29, 1.82) is 0 Å². The number of hydrogen-bond acceptors (Lipinski definition) is 2. The maximum atomic E-state index is 12.2. The molecular formula is C13H22N2O. The van der Waals surface area contributed by atoms with Crippen LogP contribution in [0.15, 0.2) is 0 Å². The Morgan fingerprint density at radius 1 is 1.19 bits per heavy atom. The molecule has 0 radical (unpaired) electrons. The average Bonchev–Trinajstić information content (AvgIpc) is 2.93. The van der Waals surface area contributed by atoms with Crippen molar-refractivity contribution in [2.75, 3.05) is 0 Å². The molecule has 0 heterocycles. The highest BCUT2D eigenvalue weighted by molar-refractivity contribution is 5.86. The molecule has 0 aliphatic heterocycles. The molecule has 3 atom stereocenters. The Bertz CT molecular complexity index is 296. The molecule has 0 saturated heterocycles. The molecule has 3 N–H and O–H groups in total. The van der Waals surface area contributed by atoms with Gasteiger partial charge in [0.25, 0.3) is 0 Å². The summed E-state index contributed by atoms with van der Waals surface area (Å²) in [5.41, 5.74) is 5.63. The Balaban J connectivity index is 1.60. The van der Waals surface area contributed by atoms with Crippen LogP contribution in [0.1, 0.15) is 51.4 Å². The Hall–Kier alpha value is -0.570. The zero-order valence-corrected chi connectivity index (χ0v) is 9.87. The number of nitrogens with two attached hydrogens (primary N) is 1. The third-order valence-electron chi connectivity index (χ3n) is 5.00. The van der Waals surface area contributed by atoms with E-state index in [-0.39, 0.29) is 5.91 Å². The first-order valence-corrected chi connectivity index (χ1v) is 6.77. The number of hydrogen-bond donors (Lipinski definition) is 2. The Labute approximate surface area is 97.2 Å². The van der Waals surface area contributed by atoms with Gasteiger partial charge in [-0.1, -0.05) is 19.3 Å². The topological polar surface area (TPSA) is 55.1 Å². The lowest BCUT2D eigenvalue weighted by molar-refractivity contribution is -0.127. The van der Waals surface area contributed by atoms with E-state index >= 15 is 0 Å². The molecular weight excluding hydrogens is 200 g/mol. The van der Waals surface area contributed by atoms with Crippen molar-refractivity contribution in [2.24, 2.45) is 17.6 Å². The summed E-state index contributed by atoms with van der Waals surface area (Å²) >= 11 is 0. The van der Waals surface area contributed by atoms with E-state index in [1.165, 1.54) is 25.7 Å². The van der Waals surface area contributed by atoms with Crippen molar-refractivity contribution < 1.29 is 4.79 Å². The van der Waals surface area contributed by atoms with Crippen LogP contribution in [0.5, 0.6) is 0 Å². The van der Waals surface area contributed by atoms with E-state index in [1.807, 2.05) is 0 Å². The van der Waals surface area contributed by atoms with E-state index in [0.29, 0.717) is 6.04 Å². The molecule has 3 heteroatoms. The van der Waals surface area contributed by atoms with Gasteiger partial charge in [0, 0.05) is 6.04 Å². The molecule has 3 rings (SSSR count). The molecule has 0 spiro atoms. The SMILES string of the molecule is NC1(C(=O)NC2CC3CCC2C3)CCCC1. The smallest absolute Gasteiger partial charge is 0.240 e. The van der Waals surface area contributed by atoms with Crippen LogP contribution in [0.4, 0.5) is 0 Å². The fourth-order valence-electron chi connectivity index (χ4n) is 3.97. The van der Waals surface area contributed by atoms with Crippen LogP contribution in [-0.2, 0) is 4.79 Å². The van der Waals surface area contributed by atoms with E-state index in [1.54, 1.807) is 0 Å². The van der Waals surface area contributed by atoms with Crippen LogP contribution < -0.4 is 11.1 Å². The molecule has 16 heavy (non-hydrogen) atoms. The van der Waals surface area contributed by atoms with E-state index in [4.69, 9.17) is 5.73 Å². The molecule has 3 aliphatic rings. The van der Waals surface area contributed by atoms with E-state index in [9.17, 15) is 4.79 Å². The molecule has 2 bridgehead atoms. The summed E-state index contributed by atoms with van der Waals surface area (Å²) in [6.45, 7) is 0. The quantitative estimate of drug-likeness (QED) is 0.745. The van der Waals surface area contributed by atoms with Crippen molar-refractivity contribution in [3.05, 3.63) is 0 Å². The molecule has 3 fully saturated rings. The number of nitrogens with one attached hydrogen (secondary N) is 1. The highest BCUT2D eigenvalue weighted by Gasteiger charge is 2.43. The summed E-state index contributed by atoms with van der Waals surface area (Å²) in [7, 11) is 0. The lowest BCUT2D eigenvalue weighted by Gasteiger charge is -2.29. The molecule has 0 aromatic heterocycles. The first kappa shape index (κ1) is 10.6. The van der Waals surface area contributed by atoms with E-state index in [0.717, 1.165) is 37.5 Å². The predicted octanol–water partition coefficient (Wildman–Crippen LogP) is 1.56. The van der Waals surface area contributed by atoms with Crippen LogP contribution >= 0.6 is 0 Å². The van der Waals surface area contributed by atoms with Gasteiger partial charge in [-0.25, -0.2) is 0 Å². The Morgan fingerprint density at radius 3 is 2.50 bits per heavy atom. The molecule has 3 aliphatic carbocycles. The molecule has 0 aromatic carbocycles. The van der Waals surface area contributed by atoms with Gasteiger partial charge in [0.15, 0.2) is 0 Å². The number of amides is 1. The van der Waals surface area contributed by atoms with Gasteiger partial charge in [0.2, 0.25) is 5.91 Å². The first-order chi connectivity index (χ1) is 7.67. The normalized spacial score (nSPS) is 40.2. The van der Waals surface area contributed by atoms with Gasteiger partial charge >= 0.3 is 0 Å². The van der Waals surface area contributed by atoms with Crippen LogP contribution in [0, 0.1) is 11.8 Å². The second kappa shape index (κ2) is 3.73. The molecule has 0 aromatic rings. The van der Waals surface area contributed by atoms with E-state index in [2.05, 4.69) is 5.32 Å². The zero-order valence-electron chi connectivity index (χ0n) is 9.87. The lowest BCUT2D eigenvalue weighted by Crippen LogP contribution is -2.55. The van der Waals surface area contributed by atoms with Gasteiger partial charge in [-0.3, -0.25) is 4.79 Å². The number of fused-ring (bicyclic) bond motifs is 2. The monoisotopic (exact) mass is 222 g/mol. The fourth-order valence-corrected chi connectivity index (χ4v) is 3.97. The third kappa shape index (κ3) is 1.65. The van der Waals surface area contributed by atoms with Gasteiger partial charge in [-0.05, 0) is 43.9 Å². The highest BCUT2D eigenvalue weighted by Crippen LogP contribution is 2.44. The Morgan fingerprint density at radius 2 is 1.94 bits per heavy atom. The third-order valence-corrected chi connectivity index (χ3v) is 5.00. The summed E-state index contributed by atoms with van der Waals surface area (Å²) < 4.78 is 0. The maximum absolute atomic E-state index is 12.2. The minimum Gasteiger partial charge on any atom is -0.351 e. The fraction of sp³-hybridized carbons (Fsp3) is 0.923. The van der Waals surface area contributed by atoms with E-state index < -0.39 is 5.54 Å². The zero-order chi connectivity index (χ0) is 11.2. The van der Waals surface area contributed by atoms with Crippen molar-refractivity contribution in [1.82, 2.24) is 5.32 Å². The summed E-state index contributed by atoms with van der Waals surface area (Å²) in [5.74, 6) is 1.76. The van der Waals surface area contributed by atoms with Gasteiger partial charge in [-0.2, -0.15) is 0 Å². The number of rotatable bonds is 2. The standard InChI is InChI=1S/C13H22N2O/c14-13(5-1-2-6-13)12(16)15-11-8-9-3-4-10(11)7-9/h9-11H,1-8,14H2,(H,15,16). The van der Waals surface area contributed by atoms with Crippen LogP contribution in [0.25, 0.3) is 0 Å². The molecule has 3 saturated carbocycles. The molecule has 3 nitrogen and oxygen atoms in total. The van der Waals surface area contributed by atoms with Crippen molar-refractivity contribution in [2.45, 2.75) is 62.9 Å². The van der Waals surface area contributed by atoms with Gasteiger partial charge in [0.05, 0.1) is 5.54 Å². The summed E-state index contributed by atoms with van der Waals surface area (Å²) in [5, 5.41) is 3.23. The predicted molar refractivity (Wildman–Crippen MR) is 62.8 cm³/mol. The number of carbonyl (C=O) groups is 1. The maximum Gasteiger partial charge on any atom is 0.240 e. The average molecular weight is 222 g/mol. The van der Waals surface area contributed by atoms with Crippen LogP contribution in [0.2, 0.25) is 0 Å². The molecule has 90 valence electrons. The first-order valence-electron chi connectivity index (χ1n) is 6.77. The second-order valence-corrected chi connectivity index (χ2v) is 6.12. The minimum atomic E-state index is -0.540. The van der Waals surface area contributed by atoms with Gasteiger partial charge in [-0.15, -0.1) is 0 Å². The summed E-state index contributed by atoms with van der Waals surface area (Å²) in [6, 6.07) is 0.437. The highest BCUT2D eigenvalue weighted by atomic mass is 16.2. The van der Waals surface area contributed by atoms with Crippen molar-refractivity contribution >= 4 is 5.91 Å². The Kier molecular flexibility index (Phi) is 2.46. The van der Waals surface area contributed by atoms with Crippen LogP contribution in [-0.4, -0.2) is 17.5 Å². The minimum absolute atomic E-state index is 0.127. The largest absolute Gasteiger partial charge is 0.351 e. The van der Waals surface area contributed by atoms with Gasteiger partial charge < -0.3 is 11.1 Å². The van der Waals surface area contributed by atoms with Crippen molar-refractivity contribution in [3.63, 3.8) is 0 Å². The van der Waals surface area contributed by atoms with Crippen molar-refractivity contribution in [3.8, 4) is 0 Å². The number of carbonyl (C=O) groups excluding carboxylic acids is 1. The summed E-state index contributed by atoms with van der Waals surface area (Å²) in [6.07, 6.45) is 9.20. The summed E-state index contributed by atoms with van der Waals surface area (Å²) in [4.78, 5) is 12.2. The van der Waals surface area contributed by atoms with Crippen LogP contribution in [0.3, 0.4) is 0 Å². The second-order valence-electron chi connectivity index (χ2n) is 6.12. The molecule has 3 unspecified atom stereocenters. The molecule has 1 amide bonds.